The van der Waals surface area contributed by atoms with Crippen molar-refractivity contribution in [2.75, 3.05) is 0 Å². The van der Waals surface area contributed by atoms with Crippen LogP contribution in [-0.4, -0.2) is 11.9 Å². The van der Waals surface area contributed by atoms with Crippen molar-refractivity contribution in [1.29, 1.82) is 0 Å². The standard InChI is InChI=1S/C7H13NO/c1-4(2)6-5(3)8-7(6)9/h4-6H,1-3H3,(H,8,9). The van der Waals surface area contributed by atoms with Crippen LogP contribution in [0.15, 0.2) is 0 Å². The Kier molecular flexibility index (Phi) is 1.47. The highest BCUT2D eigenvalue weighted by molar-refractivity contribution is 5.85. The fourth-order valence-corrected chi connectivity index (χ4v) is 1.42. The van der Waals surface area contributed by atoms with Gasteiger partial charge in [-0.2, -0.15) is 0 Å². The fourth-order valence-electron chi connectivity index (χ4n) is 1.42. The van der Waals surface area contributed by atoms with E-state index in [4.69, 9.17) is 0 Å². The maximum absolute atomic E-state index is 10.8. The van der Waals surface area contributed by atoms with Crippen LogP contribution in [0.25, 0.3) is 0 Å². The van der Waals surface area contributed by atoms with E-state index in [0.29, 0.717) is 12.0 Å². The molecule has 0 spiro atoms. The van der Waals surface area contributed by atoms with Crippen LogP contribution < -0.4 is 5.32 Å². The summed E-state index contributed by atoms with van der Waals surface area (Å²) in [6.45, 7) is 6.21. The smallest absolute Gasteiger partial charge is 0.225 e. The number of carbonyl (C=O) groups is 1. The van der Waals surface area contributed by atoms with Gasteiger partial charge in [-0.05, 0) is 12.8 Å². The molecule has 0 aromatic carbocycles. The van der Waals surface area contributed by atoms with Crippen LogP contribution in [0.3, 0.4) is 0 Å². The van der Waals surface area contributed by atoms with Crippen LogP contribution in [0, 0.1) is 11.8 Å². The van der Waals surface area contributed by atoms with E-state index in [1.807, 2.05) is 6.92 Å². The summed E-state index contributed by atoms with van der Waals surface area (Å²) >= 11 is 0. The summed E-state index contributed by atoms with van der Waals surface area (Å²) in [5, 5.41) is 2.80. The van der Waals surface area contributed by atoms with E-state index in [0.717, 1.165) is 0 Å². The molecule has 2 nitrogen and oxygen atoms in total. The lowest BCUT2D eigenvalue weighted by Crippen LogP contribution is -2.58. The number of nitrogens with one attached hydrogen (secondary N) is 1. The van der Waals surface area contributed by atoms with Gasteiger partial charge < -0.3 is 5.32 Å². The van der Waals surface area contributed by atoms with Crippen molar-refractivity contribution in [2.45, 2.75) is 26.8 Å². The predicted molar refractivity (Wildman–Crippen MR) is 35.9 cm³/mol. The molecule has 2 unspecified atom stereocenters. The summed E-state index contributed by atoms with van der Waals surface area (Å²) in [4.78, 5) is 10.8. The molecular weight excluding hydrogens is 114 g/mol. The van der Waals surface area contributed by atoms with Gasteiger partial charge in [0.2, 0.25) is 5.91 Å². The van der Waals surface area contributed by atoms with Crippen molar-refractivity contribution >= 4 is 5.91 Å². The van der Waals surface area contributed by atoms with Gasteiger partial charge in [0.25, 0.3) is 0 Å². The van der Waals surface area contributed by atoms with E-state index in [1.54, 1.807) is 0 Å². The van der Waals surface area contributed by atoms with Gasteiger partial charge in [-0.25, -0.2) is 0 Å². The first-order valence-corrected chi connectivity index (χ1v) is 3.43. The topological polar surface area (TPSA) is 29.1 Å². The van der Waals surface area contributed by atoms with Crippen molar-refractivity contribution < 1.29 is 4.79 Å². The van der Waals surface area contributed by atoms with Crippen LogP contribution in [0.1, 0.15) is 20.8 Å². The van der Waals surface area contributed by atoms with Gasteiger partial charge in [-0.1, -0.05) is 13.8 Å². The molecule has 1 rings (SSSR count). The lowest BCUT2D eigenvalue weighted by molar-refractivity contribution is -0.136. The first-order chi connectivity index (χ1) is 4.13. The number of β-lactam (4-membered cyclic amide) rings is 1. The highest BCUT2D eigenvalue weighted by Crippen LogP contribution is 2.22. The van der Waals surface area contributed by atoms with Crippen LogP contribution in [-0.2, 0) is 4.79 Å². The van der Waals surface area contributed by atoms with Gasteiger partial charge in [0.1, 0.15) is 0 Å². The second-order valence-corrected chi connectivity index (χ2v) is 3.07. The highest BCUT2D eigenvalue weighted by Gasteiger charge is 2.37. The Bertz CT molecular complexity index is 126. The molecule has 2 atom stereocenters. The zero-order valence-electron chi connectivity index (χ0n) is 6.14. The maximum Gasteiger partial charge on any atom is 0.225 e. The fraction of sp³-hybridized carbons (Fsp3) is 0.857. The normalized spacial score (nSPS) is 34.0. The number of amides is 1. The third kappa shape index (κ3) is 0.934. The van der Waals surface area contributed by atoms with Crippen molar-refractivity contribution in [3.8, 4) is 0 Å². The molecule has 52 valence electrons. The maximum atomic E-state index is 10.8. The monoisotopic (exact) mass is 127 g/mol. The second-order valence-electron chi connectivity index (χ2n) is 3.07. The number of rotatable bonds is 1. The minimum absolute atomic E-state index is 0.220. The van der Waals surface area contributed by atoms with Crippen molar-refractivity contribution in [3.63, 3.8) is 0 Å². The molecule has 0 bridgehead atoms. The molecule has 0 aliphatic carbocycles. The van der Waals surface area contributed by atoms with Crippen LogP contribution in [0.2, 0.25) is 0 Å². The first-order valence-electron chi connectivity index (χ1n) is 3.43. The minimum atomic E-state index is 0.220. The molecule has 1 amide bonds. The molecule has 0 saturated carbocycles. The summed E-state index contributed by atoms with van der Waals surface area (Å²) in [7, 11) is 0. The van der Waals surface area contributed by atoms with E-state index >= 15 is 0 Å². The Labute approximate surface area is 55.6 Å². The largest absolute Gasteiger partial charge is 0.353 e. The van der Waals surface area contributed by atoms with Gasteiger partial charge in [-0.3, -0.25) is 4.79 Å². The summed E-state index contributed by atoms with van der Waals surface area (Å²) in [6, 6.07) is 0.400. The highest BCUT2D eigenvalue weighted by atomic mass is 16.2. The lowest BCUT2D eigenvalue weighted by Gasteiger charge is -2.36. The first kappa shape index (κ1) is 6.59. The molecule has 1 aliphatic heterocycles. The number of carbonyl (C=O) groups excluding carboxylic acids is 1. The van der Waals surface area contributed by atoms with E-state index in [9.17, 15) is 4.79 Å². The van der Waals surface area contributed by atoms with E-state index < -0.39 is 0 Å². The van der Waals surface area contributed by atoms with Crippen LogP contribution in [0.5, 0.6) is 0 Å². The van der Waals surface area contributed by atoms with E-state index in [1.165, 1.54) is 0 Å². The Morgan fingerprint density at radius 2 is 2.11 bits per heavy atom. The van der Waals surface area contributed by atoms with Gasteiger partial charge in [0.05, 0.1) is 5.92 Å². The number of hydrogen-bond acceptors (Lipinski definition) is 1. The van der Waals surface area contributed by atoms with Crippen molar-refractivity contribution in [2.24, 2.45) is 11.8 Å². The van der Waals surface area contributed by atoms with Crippen molar-refractivity contribution in [1.82, 2.24) is 5.32 Å². The van der Waals surface area contributed by atoms with Crippen LogP contribution in [0.4, 0.5) is 0 Å². The predicted octanol–water partition coefficient (Wildman–Crippen LogP) is 0.777. The molecular formula is C7H13NO. The summed E-state index contributed by atoms with van der Waals surface area (Å²) in [5.74, 6) is 0.983. The zero-order chi connectivity index (χ0) is 7.02. The summed E-state index contributed by atoms with van der Waals surface area (Å²) in [6.07, 6.45) is 0. The Hall–Kier alpha value is -0.530. The molecule has 0 aromatic rings. The SMILES string of the molecule is CC(C)C1C(=O)NC1C. The van der Waals surface area contributed by atoms with Crippen LogP contribution >= 0.6 is 0 Å². The van der Waals surface area contributed by atoms with Gasteiger partial charge in [0, 0.05) is 6.04 Å². The lowest BCUT2D eigenvalue weighted by atomic mass is 9.82. The quantitative estimate of drug-likeness (QED) is 0.518. The molecule has 1 aliphatic rings. The average molecular weight is 127 g/mol. The molecule has 1 saturated heterocycles. The number of hydrogen-bond donors (Lipinski definition) is 1. The van der Waals surface area contributed by atoms with Crippen molar-refractivity contribution in [3.05, 3.63) is 0 Å². The van der Waals surface area contributed by atoms with Gasteiger partial charge >= 0.3 is 0 Å². The third-order valence-electron chi connectivity index (χ3n) is 1.93. The summed E-state index contributed by atoms with van der Waals surface area (Å²) < 4.78 is 0. The Morgan fingerprint density at radius 1 is 1.56 bits per heavy atom. The molecule has 0 radical (unpaired) electrons. The molecule has 0 aromatic heterocycles. The Balaban J connectivity index is 2.49. The Morgan fingerprint density at radius 3 is 2.22 bits per heavy atom. The minimum Gasteiger partial charge on any atom is -0.353 e. The van der Waals surface area contributed by atoms with Gasteiger partial charge in [-0.15, -0.1) is 0 Å². The molecule has 9 heavy (non-hydrogen) atoms. The van der Waals surface area contributed by atoms with E-state index in [-0.39, 0.29) is 11.8 Å². The zero-order valence-corrected chi connectivity index (χ0v) is 6.14. The molecule has 1 heterocycles. The van der Waals surface area contributed by atoms with Gasteiger partial charge in [0.15, 0.2) is 0 Å². The van der Waals surface area contributed by atoms with E-state index in [2.05, 4.69) is 19.2 Å². The third-order valence-corrected chi connectivity index (χ3v) is 1.93. The molecule has 2 heteroatoms. The second kappa shape index (κ2) is 2.01. The molecule has 1 fully saturated rings. The summed E-state index contributed by atoms with van der Waals surface area (Å²) in [5.41, 5.74) is 0. The average Bonchev–Trinajstić information content (AvgIpc) is 1.62. The molecule has 1 N–H and O–H groups in total.